The monoisotopic (exact) mass is 380 g/mol. The summed E-state index contributed by atoms with van der Waals surface area (Å²) in [6.07, 6.45) is 3.00. The molecule has 0 spiro atoms. The number of anilines is 1. The number of nitrogens with one attached hydrogen (secondary N) is 1. The molecule has 5 heteroatoms. The van der Waals surface area contributed by atoms with Crippen molar-refractivity contribution in [1.82, 2.24) is 5.32 Å². The number of benzene rings is 2. The van der Waals surface area contributed by atoms with E-state index in [2.05, 4.69) is 5.32 Å². The Kier molecular flexibility index (Phi) is 7.20. The first-order valence-electron chi connectivity index (χ1n) is 9.97. The van der Waals surface area contributed by atoms with Crippen LogP contribution in [0.5, 0.6) is 0 Å². The highest BCUT2D eigenvalue weighted by molar-refractivity contribution is 5.93. The number of nitrogens with zero attached hydrogens (tertiary/aromatic N) is 1. The summed E-state index contributed by atoms with van der Waals surface area (Å²) in [5.41, 5.74) is 2.86. The van der Waals surface area contributed by atoms with E-state index in [1.165, 1.54) is 0 Å². The summed E-state index contributed by atoms with van der Waals surface area (Å²) >= 11 is 0. The Bertz CT molecular complexity index is 768. The predicted molar refractivity (Wildman–Crippen MR) is 110 cm³/mol. The Balaban J connectivity index is 1.60. The number of carbonyl (C=O) groups is 2. The summed E-state index contributed by atoms with van der Waals surface area (Å²) in [6.45, 7) is 3.77. The van der Waals surface area contributed by atoms with Gasteiger partial charge in [0.15, 0.2) is 0 Å². The quantitative estimate of drug-likeness (QED) is 0.763. The largest absolute Gasteiger partial charge is 0.376 e. The molecule has 1 atom stereocenters. The lowest BCUT2D eigenvalue weighted by atomic mass is 10.1. The summed E-state index contributed by atoms with van der Waals surface area (Å²) in [6, 6.07) is 17.6. The fourth-order valence-corrected chi connectivity index (χ4v) is 3.35. The van der Waals surface area contributed by atoms with Gasteiger partial charge in [-0.05, 0) is 36.1 Å². The highest BCUT2D eigenvalue weighted by Gasteiger charge is 2.17. The van der Waals surface area contributed by atoms with Crippen molar-refractivity contribution in [3.63, 3.8) is 0 Å². The van der Waals surface area contributed by atoms with Gasteiger partial charge < -0.3 is 15.0 Å². The lowest BCUT2D eigenvalue weighted by Gasteiger charge is -2.23. The molecule has 1 saturated heterocycles. The zero-order valence-electron chi connectivity index (χ0n) is 16.4. The van der Waals surface area contributed by atoms with Gasteiger partial charge >= 0.3 is 0 Å². The molecule has 2 amide bonds. The van der Waals surface area contributed by atoms with E-state index in [-0.39, 0.29) is 17.9 Å². The molecule has 3 rings (SSSR count). The normalized spacial score (nSPS) is 16.0. The van der Waals surface area contributed by atoms with Crippen molar-refractivity contribution in [2.75, 3.05) is 18.1 Å². The molecule has 2 aromatic rings. The number of hydrogen-bond acceptors (Lipinski definition) is 3. The predicted octanol–water partition coefficient (Wildman–Crippen LogP) is 3.47. The van der Waals surface area contributed by atoms with E-state index in [1.807, 2.05) is 61.5 Å². The highest BCUT2D eigenvalue weighted by atomic mass is 16.5. The topological polar surface area (TPSA) is 58.6 Å². The Morgan fingerprint density at radius 3 is 2.46 bits per heavy atom. The number of carbonyl (C=O) groups excluding carboxylic acids is 2. The number of amides is 2. The van der Waals surface area contributed by atoms with Gasteiger partial charge in [-0.2, -0.15) is 0 Å². The molecule has 28 heavy (non-hydrogen) atoms. The third-order valence-corrected chi connectivity index (χ3v) is 4.95. The van der Waals surface area contributed by atoms with Crippen molar-refractivity contribution in [1.29, 1.82) is 0 Å². The molecule has 148 valence electrons. The van der Waals surface area contributed by atoms with Crippen LogP contribution in [0.2, 0.25) is 0 Å². The molecule has 0 saturated carbocycles. The molecule has 1 aliphatic heterocycles. The van der Waals surface area contributed by atoms with Crippen LogP contribution in [0.1, 0.15) is 37.3 Å². The second kappa shape index (κ2) is 10.0. The summed E-state index contributed by atoms with van der Waals surface area (Å²) < 4.78 is 5.53. The fraction of sp³-hybridized carbons (Fsp3) is 0.391. The minimum absolute atomic E-state index is 0.00553. The van der Waals surface area contributed by atoms with Gasteiger partial charge in [0.2, 0.25) is 11.8 Å². The Morgan fingerprint density at radius 1 is 1.07 bits per heavy atom. The van der Waals surface area contributed by atoms with E-state index < -0.39 is 0 Å². The lowest BCUT2D eigenvalue weighted by Crippen LogP contribution is -2.32. The van der Waals surface area contributed by atoms with Gasteiger partial charge in [0, 0.05) is 25.3 Å². The van der Waals surface area contributed by atoms with E-state index in [0.717, 1.165) is 36.3 Å². The Morgan fingerprint density at radius 2 is 1.82 bits per heavy atom. The van der Waals surface area contributed by atoms with Crippen LogP contribution in [0.15, 0.2) is 54.6 Å². The van der Waals surface area contributed by atoms with Gasteiger partial charge in [0.1, 0.15) is 0 Å². The van der Waals surface area contributed by atoms with E-state index in [4.69, 9.17) is 4.74 Å². The molecule has 0 aromatic heterocycles. The van der Waals surface area contributed by atoms with Crippen molar-refractivity contribution in [2.45, 2.75) is 45.3 Å². The van der Waals surface area contributed by atoms with E-state index in [1.54, 1.807) is 4.90 Å². The number of ether oxygens (including phenoxy) is 1. The summed E-state index contributed by atoms with van der Waals surface area (Å²) in [5, 5.41) is 2.94. The van der Waals surface area contributed by atoms with Gasteiger partial charge in [-0.15, -0.1) is 0 Å². The molecule has 1 heterocycles. The van der Waals surface area contributed by atoms with Crippen LogP contribution in [0.3, 0.4) is 0 Å². The molecule has 5 nitrogen and oxygen atoms in total. The van der Waals surface area contributed by atoms with Gasteiger partial charge in [-0.3, -0.25) is 9.59 Å². The second-order valence-electron chi connectivity index (χ2n) is 7.10. The first-order chi connectivity index (χ1) is 13.7. The molecule has 0 unspecified atom stereocenters. The number of hydrogen-bond donors (Lipinski definition) is 1. The van der Waals surface area contributed by atoms with Crippen LogP contribution in [0.4, 0.5) is 5.69 Å². The van der Waals surface area contributed by atoms with Crippen LogP contribution in [0.25, 0.3) is 0 Å². The zero-order valence-corrected chi connectivity index (χ0v) is 16.4. The van der Waals surface area contributed by atoms with Gasteiger partial charge in [0.25, 0.3) is 0 Å². The van der Waals surface area contributed by atoms with Gasteiger partial charge in [-0.1, -0.05) is 49.4 Å². The fourth-order valence-electron chi connectivity index (χ4n) is 3.35. The molecule has 1 fully saturated rings. The van der Waals surface area contributed by atoms with Crippen molar-refractivity contribution >= 4 is 17.5 Å². The maximum Gasteiger partial charge on any atom is 0.227 e. The molecule has 2 aromatic carbocycles. The molecule has 0 bridgehead atoms. The van der Waals surface area contributed by atoms with Crippen LogP contribution in [-0.2, 0) is 27.3 Å². The first-order valence-corrected chi connectivity index (χ1v) is 9.97. The van der Waals surface area contributed by atoms with Crippen molar-refractivity contribution < 1.29 is 14.3 Å². The molecule has 1 N–H and O–H groups in total. The molecular weight excluding hydrogens is 352 g/mol. The van der Waals surface area contributed by atoms with Gasteiger partial charge in [-0.25, -0.2) is 0 Å². The SMILES string of the molecule is CCC(=O)N(Cc1ccccc1)c1ccc(CC(=O)NC[C@H]2CCCO2)cc1. The standard InChI is InChI=1S/C23H28N2O3/c1-2-23(27)25(17-19-7-4-3-5-8-19)20-12-10-18(11-13-20)15-22(26)24-16-21-9-6-14-28-21/h3-5,7-8,10-13,21H,2,6,9,14-17H2,1H3,(H,24,26)/t21-/m1/s1. The molecule has 0 aliphatic carbocycles. The van der Waals surface area contributed by atoms with Crippen LogP contribution in [-0.4, -0.2) is 31.1 Å². The van der Waals surface area contributed by atoms with E-state index in [0.29, 0.717) is 25.9 Å². The Labute approximate surface area is 166 Å². The number of rotatable bonds is 8. The van der Waals surface area contributed by atoms with Crippen LogP contribution in [0, 0.1) is 0 Å². The second-order valence-corrected chi connectivity index (χ2v) is 7.10. The molecular formula is C23H28N2O3. The summed E-state index contributed by atoms with van der Waals surface area (Å²) in [4.78, 5) is 26.4. The van der Waals surface area contributed by atoms with E-state index in [9.17, 15) is 9.59 Å². The minimum Gasteiger partial charge on any atom is -0.376 e. The molecule has 0 radical (unpaired) electrons. The maximum atomic E-state index is 12.4. The third kappa shape index (κ3) is 5.67. The average Bonchev–Trinajstić information content (AvgIpc) is 3.25. The van der Waals surface area contributed by atoms with Crippen LogP contribution < -0.4 is 10.2 Å². The smallest absolute Gasteiger partial charge is 0.227 e. The molecule has 1 aliphatic rings. The first kappa shape index (κ1) is 20.1. The van der Waals surface area contributed by atoms with Crippen LogP contribution >= 0.6 is 0 Å². The summed E-state index contributed by atoms with van der Waals surface area (Å²) in [5.74, 6) is 0.0694. The van der Waals surface area contributed by atoms with Crippen molar-refractivity contribution in [3.05, 3.63) is 65.7 Å². The Hall–Kier alpha value is -2.66. The highest BCUT2D eigenvalue weighted by Crippen LogP contribution is 2.20. The third-order valence-electron chi connectivity index (χ3n) is 4.95. The van der Waals surface area contributed by atoms with E-state index >= 15 is 0 Å². The average molecular weight is 380 g/mol. The van der Waals surface area contributed by atoms with Crippen molar-refractivity contribution in [3.8, 4) is 0 Å². The minimum atomic E-state index is -0.00553. The van der Waals surface area contributed by atoms with Crippen molar-refractivity contribution in [2.24, 2.45) is 0 Å². The lowest BCUT2D eigenvalue weighted by molar-refractivity contribution is -0.121. The maximum absolute atomic E-state index is 12.4. The zero-order chi connectivity index (χ0) is 19.8. The summed E-state index contributed by atoms with van der Waals surface area (Å²) in [7, 11) is 0. The van der Waals surface area contributed by atoms with Gasteiger partial charge in [0.05, 0.1) is 19.1 Å².